The number of aryl methyl sites for hydroxylation is 1. The Kier molecular flexibility index (Phi) is 4.85. The molecule has 2 aliphatic heterocycles. The summed E-state index contributed by atoms with van der Waals surface area (Å²) < 4.78 is 26.0. The maximum absolute atomic E-state index is 12.9. The number of carbonyl (C=O) groups is 1. The van der Waals surface area contributed by atoms with Crippen LogP contribution >= 0.6 is 0 Å². The first-order chi connectivity index (χ1) is 13.1. The summed E-state index contributed by atoms with van der Waals surface area (Å²) in [6, 6.07) is 7.68. The van der Waals surface area contributed by atoms with Crippen molar-refractivity contribution in [2.45, 2.75) is 37.6 Å². The highest BCUT2D eigenvalue weighted by Crippen LogP contribution is 2.30. The third-order valence-corrected chi connectivity index (χ3v) is 5.67. The van der Waals surface area contributed by atoms with Crippen molar-refractivity contribution in [1.82, 2.24) is 9.47 Å². The number of hydrogen-bond acceptors (Lipinski definition) is 5. The summed E-state index contributed by atoms with van der Waals surface area (Å²) in [4.78, 5) is 15.2. The number of piperidine rings is 1. The highest BCUT2D eigenvalue weighted by Gasteiger charge is 2.38. The topological polar surface area (TPSA) is 67.5 Å². The molecule has 27 heavy (non-hydrogen) atoms. The first kappa shape index (κ1) is 18.0. The van der Waals surface area contributed by atoms with Gasteiger partial charge in [0.05, 0.1) is 37.0 Å². The first-order valence-electron chi connectivity index (χ1n) is 9.20. The molecule has 0 saturated carbocycles. The molecule has 2 bridgehead atoms. The average Bonchev–Trinajstić information content (AvgIpc) is 3.01. The van der Waals surface area contributed by atoms with E-state index < -0.39 is 12.6 Å². The van der Waals surface area contributed by atoms with E-state index in [0.717, 1.165) is 18.4 Å². The normalized spacial score (nSPS) is 25.3. The van der Waals surface area contributed by atoms with Gasteiger partial charge in [-0.2, -0.15) is 5.26 Å². The molecule has 0 unspecified atom stereocenters. The van der Waals surface area contributed by atoms with Crippen LogP contribution in [0.15, 0.2) is 24.4 Å². The molecule has 1 aromatic heterocycles. The van der Waals surface area contributed by atoms with E-state index in [4.69, 9.17) is 14.7 Å². The minimum atomic E-state index is -0.531. The SMILES string of the molecule is CN1[C@@H]2COC[C@H]1C[C@@H](OC(=O)c1cn(CCF)c3ccc(C#N)cc13)C2. The first-order valence-corrected chi connectivity index (χ1v) is 9.20. The number of likely N-dealkylation sites (N-methyl/N-ethyl adjacent to an activating group) is 1. The lowest BCUT2D eigenvalue weighted by molar-refractivity contribution is -0.0970. The summed E-state index contributed by atoms with van der Waals surface area (Å²) >= 11 is 0. The quantitative estimate of drug-likeness (QED) is 0.773. The van der Waals surface area contributed by atoms with Crippen molar-refractivity contribution >= 4 is 16.9 Å². The highest BCUT2D eigenvalue weighted by molar-refractivity contribution is 6.04. The number of alkyl halides is 1. The number of hydrogen-bond donors (Lipinski definition) is 0. The Hall–Kier alpha value is -2.43. The molecule has 2 aliphatic rings. The number of nitrogens with zero attached hydrogens (tertiary/aromatic N) is 3. The molecule has 6 nitrogen and oxygen atoms in total. The van der Waals surface area contributed by atoms with Crippen molar-refractivity contribution in [2.24, 2.45) is 0 Å². The van der Waals surface area contributed by atoms with Crippen LogP contribution in [0.3, 0.4) is 0 Å². The molecule has 3 atom stereocenters. The zero-order valence-corrected chi connectivity index (χ0v) is 15.2. The van der Waals surface area contributed by atoms with Crippen LogP contribution in [0.4, 0.5) is 4.39 Å². The second-order valence-corrected chi connectivity index (χ2v) is 7.28. The summed E-state index contributed by atoms with van der Waals surface area (Å²) in [7, 11) is 2.09. The summed E-state index contributed by atoms with van der Waals surface area (Å²) in [6.45, 7) is 0.937. The second-order valence-electron chi connectivity index (χ2n) is 7.28. The van der Waals surface area contributed by atoms with Gasteiger partial charge in [0, 0.05) is 42.0 Å². The van der Waals surface area contributed by atoms with Gasteiger partial charge in [0.25, 0.3) is 0 Å². The lowest BCUT2D eigenvalue weighted by Crippen LogP contribution is -2.56. The van der Waals surface area contributed by atoms with Gasteiger partial charge < -0.3 is 14.0 Å². The number of benzene rings is 1. The molecule has 0 N–H and O–H groups in total. The number of nitriles is 1. The molecule has 4 rings (SSSR count). The second kappa shape index (κ2) is 7.29. The number of esters is 1. The van der Waals surface area contributed by atoms with E-state index in [2.05, 4.69) is 18.0 Å². The third-order valence-electron chi connectivity index (χ3n) is 5.67. The van der Waals surface area contributed by atoms with E-state index in [0.29, 0.717) is 29.7 Å². The Bertz CT molecular complexity index is 890. The predicted octanol–water partition coefficient (Wildman–Crippen LogP) is 2.50. The highest BCUT2D eigenvalue weighted by atomic mass is 19.1. The smallest absolute Gasteiger partial charge is 0.340 e. The standard InChI is InChI=1S/C20H22FN3O3/c1-23-14-7-16(8-15(23)12-26-11-14)27-20(25)18-10-24(5-4-21)19-3-2-13(9-22)6-17(18)19/h2-3,6,10,14-16H,4-5,7-8,11-12H2,1H3/t14-,15+,16-. The van der Waals surface area contributed by atoms with Crippen molar-refractivity contribution in [1.29, 1.82) is 5.26 Å². The number of ether oxygens (including phenoxy) is 2. The molecular formula is C20H22FN3O3. The van der Waals surface area contributed by atoms with Gasteiger partial charge in [-0.1, -0.05) is 0 Å². The third kappa shape index (κ3) is 3.31. The van der Waals surface area contributed by atoms with Crippen molar-refractivity contribution < 1.29 is 18.7 Å². The van der Waals surface area contributed by atoms with Crippen LogP contribution in [0.25, 0.3) is 10.9 Å². The zero-order chi connectivity index (χ0) is 19.0. The van der Waals surface area contributed by atoms with Gasteiger partial charge >= 0.3 is 5.97 Å². The van der Waals surface area contributed by atoms with Crippen molar-refractivity contribution in [2.75, 3.05) is 26.9 Å². The van der Waals surface area contributed by atoms with Gasteiger partial charge in [0.2, 0.25) is 0 Å². The predicted molar refractivity (Wildman–Crippen MR) is 97.2 cm³/mol. The summed E-state index contributed by atoms with van der Waals surface area (Å²) in [6.07, 6.45) is 2.95. The number of morpholine rings is 1. The van der Waals surface area contributed by atoms with Crippen LogP contribution in [-0.4, -0.2) is 60.6 Å². The van der Waals surface area contributed by atoms with Crippen LogP contribution in [0, 0.1) is 11.3 Å². The molecule has 0 spiro atoms. The molecule has 2 fully saturated rings. The largest absolute Gasteiger partial charge is 0.459 e. The maximum Gasteiger partial charge on any atom is 0.340 e. The minimum Gasteiger partial charge on any atom is -0.459 e. The fourth-order valence-electron chi connectivity index (χ4n) is 4.16. The van der Waals surface area contributed by atoms with Crippen LogP contribution in [-0.2, 0) is 16.0 Å². The average molecular weight is 371 g/mol. The summed E-state index contributed by atoms with van der Waals surface area (Å²) in [5.74, 6) is -0.416. The Morgan fingerprint density at radius 3 is 2.78 bits per heavy atom. The van der Waals surface area contributed by atoms with E-state index in [1.807, 2.05) is 0 Å². The van der Waals surface area contributed by atoms with Gasteiger partial charge in [0.15, 0.2) is 0 Å². The Balaban J connectivity index is 1.60. The Morgan fingerprint density at radius 2 is 2.11 bits per heavy atom. The fraction of sp³-hybridized carbons (Fsp3) is 0.500. The Morgan fingerprint density at radius 1 is 1.37 bits per heavy atom. The molecule has 0 aliphatic carbocycles. The Labute approximate surface area is 157 Å². The van der Waals surface area contributed by atoms with E-state index >= 15 is 0 Å². The lowest BCUT2D eigenvalue weighted by Gasteiger charge is -2.46. The van der Waals surface area contributed by atoms with Gasteiger partial charge in [-0.15, -0.1) is 0 Å². The van der Waals surface area contributed by atoms with Gasteiger partial charge in [-0.25, -0.2) is 9.18 Å². The number of carbonyl (C=O) groups excluding carboxylic acids is 1. The van der Waals surface area contributed by atoms with Gasteiger partial charge in [0.1, 0.15) is 12.8 Å². The molecule has 0 amide bonds. The maximum atomic E-state index is 12.9. The van der Waals surface area contributed by atoms with Crippen LogP contribution in [0.5, 0.6) is 0 Å². The minimum absolute atomic E-state index is 0.158. The molecule has 142 valence electrons. The monoisotopic (exact) mass is 371 g/mol. The van der Waals surface area contributed by atoms with Crippen LogP contribution in [0.2, 0.25) is 0 Å². The molecule has 0 radical (unpaired) electrons. The summed E-state index contributed by atoms with van der Waals surface area (Å²) in [5.41, 5.74) is 1.57. The molecule has 1 aromatic carbocycles. The van der Waals surface area contributed by atoms with Crippen LogP contribution in [0.1, 0.15) is 28.8 Å². The molecule has 2 saturated heterocycles. The van der Waals surface area contributed by atoms with Gasteiger partial charge in [-0.3, -0.25) is 4.90 Å². The number of halogens is 1. The van der Waals surface area contributed by atoms with Crippen LogP contribution < -0.4 is 0 Å². The molecular weight excluding hydrogens is 349 g/mol. The number of aromatic nitrogens is 1. The van der Waals surface area contributed by atoms with E-state index in [9.17, 15) is 9.18 Å². The lowest BCUT2D eigenvalue weighted by atomic mass is 9.92. The van der Waals surface area contributed by atoms with E-state index in [1.54, 1.807) is 29.0 Å². The molecule has 7 heteroatoms. The van der Waals surface area contributed by atoms with E-state index in [1.165, 1.54) is 0 Å². The van der Waals surface area contributed by atoms with Crippen molar-refractivity contribution in [3.05, 3.63) is 35.5 Å². The van der Waals surface area contributed by atoms with E-state index in [-0.39, 0.29) is 24.7 Å². The van der Waals surface area contributed by atoms with Crippen molar-refractivity contribution in [3.63, 3.8) is 0 Å². The van der Waals surface area contributed by atoms with Crippen molar-refractivity contribution in [3.8, 4) is 6.07 Å². The fourth-order valence-corrected chi connectivity index (χ4v) is 4.16. The summed E-state index contributed by atoms with van der Waals surface area (Å²) in [5, 5.41) is 9.79. The zero-order valence-electron chi connectivity index (χ0n) is 15.2. The molecule has 2 aromatic rings. The number of rotatable bonds is 4. The van der Waals surface area contributed by atoms with Gasteiger partial charge in [-0.05, 0) is 25.2 Å². The molecule has 3 heterocycles. The number of fused-ring (bicyclic) bond motifs is 3.